The molecule has 1 aromatic carbocycles. The zero-order valence-electron chi connectivity index (χ0n) is 19.2. The number of carbonyl (C=O) groups is 3. The fourth-order valence-corrected chi connectivity index (χ4v) is 5.42. The van der Waals surface area contributed by atoms with Gasteiger partial charge in [0, 0.05) is 37.4 Å². The third-order valence-electron chi connectivity index (χ3n) is 7.21. The van der Waals surface area contributed by atoms with E-state index in [0.29, 0.717) is 24.2 Å². The number of anilines is 1. The first-order valence-electron chi connectivity index (χ1n) is 11.5. The number of pyridine rings is 1. The minimum absolute atomic E-state index is 0.0150. The quantitative estimate of drug-likeness (QED) is 0.702. The molecule has 0 bridgehead atoms. The number of imide groups is 1. The van der Waals surface area contributed by atoms with Crippen molar-refractivity contribution in [1.82, 2.24) is 20.5 Å². The largest absolute Gasteiger partial charge is 0.351 e. The number of urea groups is 1. The van der Waals surface area contributed by atoms with Gasteiger partial charge in [-0.15, -0.1) is 0 Å². The zero-order chi connectivity index (χ0) is 23.3. The summed E-state index contributed by atoms with van der Waals surface area (Å²) in [6.07, 6.45) is 3.83. The topological polar surface area (TPSA) is 94.6 Å². The second-order valence-electron chi connectivity index (χ2n) is 9.58. The number of rotatable bonds is 4. The number of fused-ring (bicyclic) bond motifs is 1. The molecule has 172 valence electrons. The Morgan fingerprint density at radius 1 is 1.18 bits per heavy atom. The minimum atomic E-state index is -1.12. The Morgan fingerprint density at radius 2 is 1.94 bits per heavy atom. The van der Waals surface area contributed by atoms with Gasteiger partial charge >= 0.3 is 6.03 Å². The number of nitrogens with zero attached hydrogens (tertiary/aromatic N) is 3. The molecule has 0 saturated carbocycles. The van der Waals surface area contributed by atoms with Gasteiger partial charge < -0.3 is 15.1 Å². The highest BCUT2D eigenvalue weighted by Crippen LogP contribution is 2.34. The average molecular weight is 448 g/mol. The van der Waals surface area contributed by atoms with Crippen LogP contribution in [0.1, 0.15) is 47.3 Å². The van der Waals surface area contributed by atoms with E-state index in [1.807, 2.05) is 24.9 Å². The van der Waals surface area contributed by atoms with E-state index in [4.69, 9.17) is 0 Å². The molecule has 8 nitrogen and oxygen atoms in total. The number of carbonyl (C=O) groups excluding carboxylic acids is 3. The molecule has 4 heterocycles. The van der Waals surface area contributed by atoms with E-state index in [2.05, 4.69) is 33.5 Å². The van der Waals surface area contributed by atoms with Crippen molar-refractivity contribution in [2.45, 2.75) is 45.2 Å². The van der Waals surface area contributed by atoms with Crippen molar-refractivity contribution in [3.8, 4) is 0 Å². The Balaban J connectivity index is 1.30. The smallest absolute Gasteiger partial charge is 0.322 e. The van der Waals surface area contributed by atoms with Crippen LogP contribution in [0.4, 0.5) is 10.6 Å². The SMILES string of the molecule is Cc1cnc2c(c1)CCN2C1CCN(C(=O)c2ccc([C@@]3(C(C)C)NC(=O)NC3=O)cc2)C1. The maximum Gasteiger partial charge on any atom is 0.322 e. The molecule has 3 aliphatic heterocycles. The molecular weight excluding hydrogens is 418 g/mol. The van der Waals surface area contributed by atoms with E-state index in [-0.39, 0.29) is 23.8 Å². The fraction of sp³-hybridized carbons (Fsp3) is 0.440. The number of likely N-dealkylation sites (tertiary alicyclic amines) is 1. The van der Waals surface area contributed by atoms with Crippen molar-refractivity contribution in [2.75, 3.05) is 24.5 Å². The Kier molecular flexibility index (Phi) is 5.11. The Labute approximate surface area is 193 Å². The molecule has 3 aliphatic rings. The number of benzene rings is 1. The average Bonchev–Trinajstić information content (AvgIpc) is 3.50. The lowest BCUT2D eigenvalue weighted by atomic mass is 9.79. The van der Waals surface area contributed by atoms with Gasteiger partial charge in [0.05, 0.1) is 0 Å². The zero-order valence-corrected chi connectivity index (χ0v) is 19.2. The summed E-state index contributed by atoms with van der Waals surface area (Å²) >= 11 is 0. The van der Waals surface area contributed by atoms with Crippen LogP contribution >= 0.6 is 0 Å². The molecule has 2 fully saturated rings. The van der Waals surface area contributed by atoms with Crippen LogP contribution in [-0.2, 0) is 16.8 Å². The number of aromatic nitrogens is 1. The third-order valence-corrected chi connectivity index (χ3v) is 7.21. The lowest BCUT2D eigenvalue weighted by molar-refractivity contribution is -0.125. The van der Waals surface area contributed by atoms with Gasteiger partial charge in [-0.05, 0) is 54.5 Å². The van der Waals surface area contributed by atoms with Crippen molar-refractivity contribution in [2.24, 2.45) is 5.92 Å². The number of aryl methyl sites for hydroxylation is 1. The highest BCUT2D eigenvalue weighted by atomic mass is 16.2. The lowest BCUT2D eigenvalue weighted by Gasteiger charge is -2.31. The molecule has 2 saturated heterocycles. The van der Waals surface area contributed by atoms with Gasteiger partial charge in [0.2, 0.25) is 0 Å². The first-order chi connectivity index (χ1) is 15.8. The van der Waals surface area contributed by atoms with Gasteiger partial charge in [0.25, 0.3) is 11.8 Å². The van der Waals surface area contributed by atoms with Gasteiger partial charge in [-0.3, -0.25) is 14.9 Å². The van der Waals surface area contributed by atoms with Gasteiger partial charge in [0.1, 0.15) is 11.4 Å². The number of hydrogen-bond donors (Lipinski definition) is 2. The van der Waals surface area contributed by atoms with Crippen LogP contribution in [-0.4, -0.2) is 53.4 Å². The van der Waals surface area contributed by atoms with E-state index in [9.17, 15) is 14.4 Å². The maximum atomic E-state index is 13.2. The van der Waals surface area contributed by atoms with Crippen LogP contribution in [0.25, 0.3) is 0 Å². The predicted molar refractivity (Wildman–Crippen MR) is 124 cm³/mol. The van der Waals surface area contributed by atoms with Crippen LogP contribution in [0.15, 0.2) is 36.5 Å². The van der Waals surface area contributed by atoms with Gasteiger partial charge in [0.15, 0.2) is 0 Å². The summed E-state index contributed by atoms with van der Waals surface area (Å²) in [7, 11) is 0. The van der Waals surface area contributed by atoms with Crippen LogP contribution in [0.5, 0.6) is 0 Å². The highest BCUT2D eigenvalue weighted by molar-refractivity contribution is 6.07. The summed E-state index contributed by atoms with van der Waals surface area (Å²) < 4.78 is 0. The van der Waals surface area contributed by atoms with Crippen molar-refractivity contribution in [1.29, 1.82) is 0 Å². The van der Waals surface area contributed by atoms with Gasteiger partial charge in [-0.25, -0.2) is 9.78 Å². The Hall–Kier alpha value is -3.42. The van der Waals surface area contributed by atoms with Crippen LogP contribution in [0.3, 0.4) is 0 Å². The molecule has 33 heavy (non-hydrogen) atoms. The standard InChI is InChI=1S/C25H29N5O3/c1-15(2)25(23(32)27-24(33)28-25)19-6-4-17(5-7-19)22(31)29-10-9-20(14-29)30-11-8-18-12-16(3)13-26-21(18)30/h4-7,12-13,15,20H,8-11,14H2,1-3H3,(H2,27,28,32,33)/t20?,25-/m1/s1. The van der Waals surface area contributed by atoms with Gasteiger partial charge in [-0.1, -0.05) is 32.0 Å². The van der Waals surface area contributed by atoms with E-state index >= 15 is 0 Å². The second-order valence-corrected chi connectivity index (χ2v) is 9.58. The first-order valence-corrected chi connectivity index (χ1v) is 11.5. The van der Waals surface area contributed by atoms with Crippen LogP contribution in [0, 0.1) is 12.8 Å². The molecule has 4 amide bonds. The summed E-state index contributed by atoms with van der Waals surface area (Å²) in [5.74, 6) is 0.531. The monoisotopic (exact) mass is 447 g/mol. The third kappa shape index (κ3) is 3.44. The van der Waals surface area contributed by atoms with E-state index in [0.717, 1.165) is 25.2 Å². The van der Waals surface area contributed by atoms with Crippen LogP contribution < -0.4 is 15.5 Å². The molecule has 2 N–H and O–H groups in total. The van der Waals surface area contributed by atoms with Crippen molar-refractivity contribution >= 4 is 23.7 Å². The predicted octanol–water partition coefficient (Wildman–Crippen LogP) is 2.36. The maximum absolute atomic E-state index is 13.2. The van der Waals surface area contributed by atoms with E-state index in [1.54, 1.807) is 24.3 Å². The Morgan fingerprint density at radius 3 is 2.61 bits per heavy atom. The molecule has 2 aromatic rings. The normalized spacial score (nSPS) is 24.3. The van der Waals surface area contributed by atoms with Crippen LogP contribution in [0.2, 0.25) is 0 Å². The van der Waals surface area contributed by atoms with Gasteiger partial charge in [-0.2, -0.15) is 0 Å². The fourth-order valence-electron chi connectivity index (χ4n) is 5.42. The molecule has 8 heteroatoms. The first kappa shape index (κ1) is 21.4. The molecule has 5 rings (SSSR count). The summed E-state index contributed by atoms with van der Waals surface area (Å²) in [6, 6.07) is 9.03. The minimum Gasteiger partial charge on any atom is -0.351 e. The summed E-state index contributed by atoms with van der Waals surface area (Å²) in [5.41, 5.74) is 2.60. The lowest BCUT2D eigenvalue weighted by Crippen LogP contribution is -2.48. The summed E-state index contributed by atoms with van der Waals surface area (Å²) in [5, 5.41) is 5.12. The summed E-state index contributed by atoms with van der Waals surface area (Å²) in [4.78, 5) is 46.5. The molecule has 1 aromatic heterocycles. The highest BCUT2D eigenvalue weighted by Gasteiger charge is 2.50. The number of hydrogen-bond acceptors (Lipinski definition) is 5. The molecule has 2 atom stereocenters. The Bertz CT molecular complexity index is 1130. The van der Waals surface area contributed by atoms with Crippen molar-refractivity contribution in [3.63, 3.8) is 0 Å². The van der Waals surface area contributed by atoms with Crippen molar-refractivity contribution < 1.29 is 14.4 Å². The summed E-state index contributed by atoms with van der Waals surface area (Å²) in [6.45, 7) is 8.16. The second kappa shape index (κ2) is 7.86. The molecular formula is C25H29N5O3. The molecule has 0 spiro atoms. The molecule has 0 radical (unpaired) electrons. The van der Waals surface area contributed by atoms with Crippen molar-refractivity contribution in [3.05, 3.63) is 58.8 Å². The molecule has 1 unspecified atom stereocenters. The number of amides is 4. The number of nitrogens with one attached hydrogen (secondary N) is 2. The molecule has 0 aliphatic carbocycles. The van der Waals surface area contributed by atoms with E-state index in [1.165, 1.54) is 11.1 Å². The van der Waals surface area contributed by atoms with E-state index < -0.39 is 11.6 Å².